The van der Waals surface area contributed by atoms with Gasteiger partial charge in [0.15, 0.2) is 5.25 Å². The molecule has 1 heterocycles. The van der Waals surface area contributed by atoms with Gasteiger partial charge in [0.25, 0.3) is 0 Å². The van der Waals surface area contributed by atoms with Gasteiger partial charge in [-0.1, -0.05) is 24.3 Å². The zero-order valence-electron chi connectivity index (χ0n) is 12.2. The summed E-state index contributed by atoms with van der Waals surface area (Å²) in [4.78, 5) is 11.6. The third-order valence-corrected chi connectivity index (χ3v) is 6.07. The molecule has 116 valence electrons. The molecule has 0 aromatic heterocycles. The van der Waals surface area contributed by atoms with Crippen molar-refractivity contribution in [3.63, 3.8) is 0 Å². The van der Waals surface area contributed by atoms with E-state index in [1.165, 1.54) is 18.3 Å². The first-order chi connectivity index (χ1) is 9.93. The second-order valence-electron chi connectivity index (χ2n) is 5.02. The second-order valence-corrected chi connectivity index (χ2v) is 7.23. The van der Waals surface area contributed by atoms with E-state index in [1.54, 1.807) is 0 Å². The molecule has 0 fully saturated rings. The average Bonchev–Trinajstić information content (AvgIpc) is 2.51. The molecule has 2 atom stereocenters. The molecule has 1 aromatic carbocycles. The van der Waals surface area contributed by atoms with Crippen LogP contribution < -0.4 is 5.73 Å². The number of hydrogen-bond donors (Lipinski definition) is 1. The molecule has 1 aliphatic rings. The van der Waals surface area contributed by atoms with Crippen molar-refractivity contribution in [2.24, 2.45) is 5.73 Å². The number of esters is 1. The van der Waals surface area contributed by atoms with Crippen LogP contribution in [0.25, 0.3) is 0 Å². The predicted octanol–water partition coefficient (Wildman–Crippen LogP) is 0.436. The van der Waals surface area contributed by atoms with Gasteiger partial charge >= 0.3 is 5.97 Å². The lowest BCUT2D eigenvalue weighted by Gasteiger charge is -2.36. The summed E-state index contributed by atoms with van der Waals surface area (Å²) in [6, 6.07) is 7.21. The number of rotatable bonds is 4. The zero-order chi connectivity index (χ0) is 15.6. The van der Waals surface area contributed by atoms with Crippen LogP contribution >= 0.6 is 0 Å². The van der Waals surface area contributed by atoms with Crippen LogP contribution in [-0.2, 0) is 26.0 Å². The van der Waals surface area contributed by atoms with Crippen molar-refractivity contribution in [2.45, 2.75) is 24.6 Å². The van der Waals surface area contributed by atoms with Crippen molar-refractivity contribution in [1.82, 2.24) is 4.31 Å². The van der Waals surface area contributed by atoms with Gasteiger partial charge in [-0.2, -0.15) is 4.31 Å². The summed E-state index contributed by atoms with van der Waals surface area (Å²) < 4.78 is 31.2. The van der Waals surface area contributed by atoms with Gasteiger partial charge in [-0.05, 0) is 24.5 Å². The van der Waals surface area contributed by atoms with Crippen molar-refractivity contribution >= 4 is 16.0 Å². The molecule has 0 saturated carbocycles. The highest BCUT2D eigenvalue weighted by Gasteiger charge is 2.40. The van der Waals surface area contributed by atoms with Gasteiger partial charge < -0.3 is 10.5 Å². The molecule has 2 rings (SSSR count). The Labute approximate surface area is 124 Å². The summed E-state index contributed by atoms with van der Waals surface area (Å²) in [6.45, 7) is 1.84. The topological polar surface area (TPSA) is 89.7 Å². The fraction of sp³-hybridized carbons (Fsp3) is 0.500. The summed E-state index contributed by atoms with van der Waals surface area (Å²) in [7, 11) is -2.62. The van der Waals surface area contributed by atoms with E-state index in [4.69, 9.17) is 5.73 Å². The first-order valence-electron chi connectivity index (χ1n) is 6.79. The Morgan fingerprint density at radius 2 is 2.14 bits per heavy atom. The van der Waals surface area contributed by atoms with Gasteiger partial charge in [-0.25, -0.2) is 8.42 Å². The summed E-state index contributed by atoms with van der Waals surface area (Å²) in [5, 5.41) is -1.23. The summed E-state index contributed by atoms with van der Waals surface area (Å²) in [5.41, 5.74) is 7.80. The van der Waals surface area contributed by atoms with Crippen LogP contribution in [0.4, 0.5) is 0 Å². The van der Waals surface area contributed by atoms with Crippen molar-refractivity contribution in [2.75, 3.05) is 20.2 Å². The molecule has 6 nitrogen and oxygen atoms in total. The van der Waals surface area contributed by atoms with Crippen LogP contribution in [0.1, 0.15) is 24.1 Å². The van der Waals surface area contributed by atoms with E-state index in [9.17, 15) is 13.2 Å². The maximum absolute atomic E-state index is 12.6. The smallest absolute Gasteiger partial charge is 0.325 e. The van der Waals surface area contributed by atoms with Crippen LogP contribution in [0.2, 0.25) is 0 Å². The SMILES string of the molecule is COC(=O)C(C)S(=O)(=O)N1CCc2ccccc2C1CN. The summed E-state index contributed by atoms with van der Waals surface area (Å²) in [5.74, 6) is -0.760. The molecule has 0 spiro atoms. The third-order valence-electron chi connectivity index (χ3n) is 3.89. The largest absolute Gasteiger partial charge is 0.468 e. The van der Waals surface area contributed by atoms with E-state index in [0.29, 0.717) is 13.0 Å². The molecule has 1 aliphatic heterocycles. The van der Waals surface area contributed by atoms with Crippen LogP contribution in [0.3, 0.4) is 0 Å². The van der Waals surface area contributed by atoms with Crippen molar-refractivity contribution in [1.29, 1.82) is 0 Å². The molecule has 0 saturated heterocycles. The number of nitrogens with zero attached hydrogens (tertiary/aromatic N) is 1. The van der Waals surface area contributed by atoms with E-state index < -0.39 is 27.3 Å². The Morgan fingerprint density at radius 1 is 1.48 bits per heavy atom. The van der Waals surface area contributed by atoms with Crippen LogP contribution in [0.15, 0.2) is 24.3 Å². The number of hydrogen-bond acceptors (Lipinski definition) is 5. The van der Waals surface area contributed by atoms with E-state index in [0.717, 1.165) is 11.1 Å². The van der Waals surface area contributed by atoms with Crippen LogP contribution in [-0.4, -0.2) is 44.1 Å². The van der Waals surface area contributed by atoms with Crippen molar-refractivity contribution < 1.29 is 17.9 Å². The van der Waals surface area contributed by atoms with Gasteiger partial charge in [-0.3, -0.25) is 4.79 Å². The van der Waals surface area contributed by atoms with Crippen molar-refractivity contribution in [3.05, 3.63) is 35.4 Å². The minimum absolute atomic E-state index is 0.171. The van der Waals surface area contributed by atoms with Crippen molar-refractivity contribution in [3.8, 4) is 0 Å². The number of benzene rings is 1. The summed E-state index contributed by atoms with van der Waals surface area (Å²) >= 11 is 0. The number of ether oxygens (including phenoxy) is 1. The second kappa shape index (κ2) is 6.13. The molecule has 7 heteroatoms. The number of sulfonamides is 1. The zero-order valence-corrected chi connectivity index (χ0v) is 13.0. The lowest BCUT2D eigenvalue weighted by molar-refractivity contribution is -0.139. The molecular formula is C14H20N2O4S. The molecule has 0 radical (unpaired) electrons. The number of carbonyl (C=O) groups is 1. The number of fused-ring (bicyclic) bond motifs is 1. The Bertz CT molecular complexity index is 630. The Balaban J connectivity index is 2.39. The predicted molar refractivity (Wildman–Crippen MR) is 79.0 cm³/mol. The lowest BCUT2D eigenvalue weighted by Crippen LogP contribution is -2.48. The number of carbonyl (C=O) groups excluding carboxylic acids is 1. The average molecular weight is 312 g/mol. The Morgan fingerprint density at radius 3 is 2.76 bits per heavy atom. The molecular weight excluding hydrogens is 292 g/mol. The number of methoxy groups -OCH3 is 1. The highest BCUT2D eigenvalue weighted by atomic mass is 32.2. The molecule has 2 unspecified atom stereocenters. The first kappa shape index (κ1) is 15.9. The van der Waals surface area contributed by atoms with Crippen LogP contribution in [0.5, 0.6) is 0 Å². The van der Waals surface area contributed by atoms with E-state index >= 15 is 0 Å². The quantitative estimate of drug-likeness (QED) is 0.815. The molecule has 2 N–H and O–H groups in total. The minimum Gasteiger partial charge on any atom is -0.468 e. The summed E-state index contributed by atoms with van der Waals surface area (Å²) in [6.07, 6.45) is 0.611. The molecule has 21 heavy (non-hydrogen) atoms. The standard InChI is InChI=1S/C14H20N2O4S/c1-10(14(17)20-2)21(18,19)16-8-7-11-5-3-4-6-12(11)13(16)9-15/h3-6,10,13H,7-9,15H2,1-2H3. The highest BCUT2D eigenvalue weighted by Crippen LogP contribution is 2.32. The van der Waals surface area contributed by atoms with Gasteiger partial charge in [-0.15, -0.1) is 0 Å². The molecule has 0 amide bonds. The van der Waals surface area contributed by atoms with Gasteiger partial charge in [0.1, 0.15) is 0 Å². The maximum Gasteiger partial charge on any atom is 0.325 e. The number of nitrogens with two attached hydrogens (primary N) is 1. The van der Waals surface area contributed by atoms with Crippen LogP contribution in [0, 0.1) is 0 Å². The van der Waals surface area contributed by atoms with Gasteiger partial charge in [0.2, 0.25) is 10.0 Å². The highest BCUT2D eigenvalue weighted by molar-refractivity contribution is 7.90. The van der Waals surface area contributed by atoms with E-state index in [2.05, 4.69) is 4.74 Å². The molecule has 1 aromatic rings. The minimum atomic E-state index is -3.80. The molecule has 0 bridgehead atoms. The van der Waals surface area contributed by atoms with E-state index in [-0.39, 0.29) is 6.54 Å². The monoisotopic (exact) mass is 312 g/mol. The normalized spacial score (nSPS) is 20.6. The van der Waals surface area contributed by atoms with Gasteiger partial charge in [0, 0.05) is 13.1 Å². The fourth-order valence-corrected chi connectivity index (χ4v) is 4.31. The lowest BCUT2D eigenvalue weighted by atomic mass is 9.94. The first-order valence-corrected chi connectivity index (χ1v) is 8.30. The van der Waals surface area contributed by atoms with E-state index in [1.807, 2.05) is 24.3 Å². The Hall–Kier alpha value is -1.44. The molecule has 0 aliphatic carbocycles. The Kier molecular flexibility index (Phi) is 4.65. The van der Waals surface area contributed by atoms with Gasteiger partial charge in [0.05, 0.1) is 13.2 Å². The third kappa shape index (κ3) is 2.81. The maximum atomic E-state index is 12.6. The fourth-order valence-electron chi connectivity index (χ4n) is 2.67.